The molecule has 3 aromatic rings. The summed E-state index contributed by atoms with van der Waals surface area (Å²) in [5.74, 6) is 2.31. The molecule has 6 heteroatoms. The molecule has 29 heavy (non-hydrogen) atoms. The smallest absolute Gasteiger partial charge is 0.138 e. The molecule has 0 aliphatic carbocycles. The van der Waals surface area contributed by atoms with Crippen molar-refractivity contribution in [2.75, 3.05) is 20.3 Å². The maximum atomic E-state index is 13.4. The van der Waals surface area contributed by atoms with Crippen molar-refractivity contribution >= 4 is 0 Å². The van der Waals surface area contributed by atoms with Gasteiger partial charge in [-0.05, 0) is 55.8 Å². The molecular formula is C23H26FN3O2. The van der Waals surface area contributed by atoms with E-state index in [0.29, 0.717) is 6.61 Å². The molecule has 5 nitrogen and oxygen atoms in total. The molecule has 0 bridgehead atoms. The Morgan fingerprint density at radius 3 is 2.83 bits per heavy atom. The van der Waals surface area contributed by atoms with E-state index in [0.717, 1.165) is 71.5 Å². The number of aryl methyl sites for hydroxylation is 1. The van der Waals surface area contributed by atoms with Crippen LogP contribution in [0.4, 0.5) is 4.39 Å². The number of fused-ring (bicyclic) bond motifs is 1. The van der Waals surface area contributed by atoms with Crippen LogP contribution < -0.4 is 9.47 Å². The molecule has 2 aromatic carbocycles. The van der Waals surface area contributed by atoms with Gasteiger partial charge in [0.15, 0.2) is 0 Å². The number of rotatable bonds is 6. The van der Waals surface area contributed by atoms with Gasteiger partial charge in [0.25, 0.3) is 0 Å². The molecule has 0 radical (unpaired) electrons. The molecule has 152 valence electrons. The molecule has 1 aliphatic rings. The Kier molecular flexibility index (Phi) is 5.53. The molecule has 1 N–H and O–H groups in total. The number of benzene rings is 2. The number of hydrogen-bond donors (Lipinski definition) is 1. The van der Waals surface area contributed by atoms with Gasteiger partial charge >= 0.3 is 0 Å². The molecule has 0 amide bonds. The number of H-pyrrole nitrogens is 1. The van der Waals surface area contributed by atoms with Gasteiger partial charge in [0.2, 0.25) is 0 Å². The lowest BCUT2D eigenvalue weighted by Gasteiger charge is -2.27. The van der Waals surface area contributed by atoms with Crippen LogP contribution in [0.5, 0.6) is 11.5 Å². The average Bonchev–Trinajstić information content (AvgIpc) is 3.12. The highest BCUT2D eigenvalue weighted by atomic mass is 19.1. The molecule has 0 fully saturated rings. The Morgan fingerprint density at radius 1 is 1.21 bits per heavy atom. The summed E-state index contributed by atoms with van der Waals surface area (Å²) >= 11 is 0. The summed E-state index contributed by atoms with van der Waals surface area (Å²) in [6, 6.07) is 10.8. The molecular weight excluding hydrogens is 369 g/mol. The van der Waals surface area contributed by atoms with Crippen LogP contribution in [0.1, 0.15) is 29.4 Å². The molecule has 0 spiro atoms. The second kappa shape index (κ2) is 8.25. The molecule has 1 aromatic heterocycles. The summed E-state index contributed by atoms with van der Waals surface area (Å²) in [6.07, 6.45) is 0.875. The minimum absolute atomic E-state index is 0.225. The van der Waals surface area contributed by atoms with Crippen LogP contribution in [0.25, 0.3) is 11.4 Å². The number of nitrogens with zero attached hydrogens (tertiary/aromatic N) is 2. The highest BCUT2D eigenvalue weighted by Crippen LogP contribution is 2.29. The third-order valence-electron chi connectivity index (χ3n) is 5.32. The van der Waals surface area contributed by atoms with Crippen molar-refractivity contribution in [1.82, 2.24) is 14.9 Å². The Balaban J connectivity index is 1.54. The van der Waals surface area contributed by atoms with E-state index in [1.54, 1.807) is 19.2 Å². The van der Waals surface area contributed by atoms with E-state index in [1.165, 1.54) is 6.07 Å². The van der Waals surface area contributed by atoms with Gasteiger partial charge in [-0.1, -0.05) is 0 Å². The highest BCUT2D eigenvalue weighted by molar-refractivity contribution is 5.60. The van der Waals surface area contributed by atoms with Crippen molar-refractivity contribution in [3.05, 3.63) is 64.7 Å². The molecule has 0 atom stereocenters. The number of methoxy groups -OCH3 is 1. The van der Waals surface area contributed by atoms with E-state index >= 15 is 0 Å². The van der Waals surface area contributed by atoms with Crippen molar-refractivity contribution in [3.8, 4) is 22.9 Å². The lowest BCUT2D eigenvalue weighted by atomic mass is 10.1. The molecule has 0 saturated carbocycles. The maximum absolute atomic E-state index is 13.4. The summed E-state index contributed by atoms with van der Waals surface area (Å²) < 4.78 is 24.6. The van der Waals surface area contributed by atoms with Crippen LogP contribution >= 0.6 is 0 Å². The molecule has 1 aliphatic heterocycles. The molecule has 0 saturated heterocycles. The zero-order valence-electron chi connectivity index (χ0n) is 17.1. The van der Waals surface area contributed by atoms with Crippen LogP contribution in [0, 0.1) is 12.7 Å². The van der Waals surface area contributed by atoms with Gasteiger partial charge in [0.05, 0.1) is 25.1 Å². The Bertz CT molecular complexity index is 1020. The largest absolute Gasteiger partial charge is 0.497 e. The number of nitrogens with one attached hydrogen (secondary N) is 1. The normalized spacial score (nSPS) is 13.9. The minimum atomic E-state index is -0.225. The lowest BCUT2D eigenvalue weighted by Crippen LogP contribution is -2.30. The van der Waals surface area contributed by atoms with Gasteiger partial charge in [-0.25, -0.2) is 9.37 Å². The number of imidazole rings is 1. The van der Waals surface area contributed by atoms with E-state index < -0.39 is 0 Å². The standard InChI is InChI=1S/C23H26FN3O2/c1-4-29-22-8-6-18(28-3)12-16(22)13-27-10-9-20-21(14-27)26-23(25-20)19-7-5-17(24)11-15(19)2/h5-8,11-12H,4,9-10,13-14H2,1-3H3,(H,25,26). The molecule has 4 rings (SSSR count). The zero-order chi connectivity index (χ0) is 20.4. The second-order valence-electron chi connectivity index (χ2n) is 7.34. The minimum Gasteiger partial charge on any atom is -0.497 e. The van der Waals surface area contributed by atoms with Crippen molar-refractivity contribution < 1.29 is 13.9 Å². The van der Waals surface area contributed by atoms with Crippen LogP contribution in [0.3, 0.4) is 0 Å². The van der Waals surface area contributed by atoms with Crippen LogP contribution in [0.15, 0.2) is 36.4 Å². The fourth-order valence-electron chi connectivity index (χ4n) is 3.85. The number of hydrogen-bond acceptors (Lipinski definition) is 4. The Hall–Kier alpha value is -2.86. The number of halogens is 1. The van der Waals surface area contributed by atoms with Gasteiger partial charge in [-0.2, -0.15) is 0 Å². The van der Waals surface area contributed by atoms with E-state index in [2.05, 4.69) is 9.88 Å². The quantitative estimate of drug-likeness (QED) is 0.668. The average molecular weight is 395 g/mol. The lowest BCUT2D eigenvalue weighted by molar-refractivity contribution is 0.235. The van der Waals surface area contributed by atoms with Gasteiger partial charge in [0.1, 0.15) is 23.1 Å². The number of aromatic nitrogens is 2. The van der Waals surface area contributed by atoms with Crippen molar-refractivity contribution in [2.24, 2.45) is 0 Å². The molecule has 0 unspecified atom stereocenters. The summed E-state index contributed by atoms with van der Waals surface area (Å²) in [5, 5.41) is 0. The summed E-state index contributed by atoms with van der Waals surface area (Å²) in [4.78, 5) is 10.6. The predicted molar refractivity (Wildman–Crippen MR) is 111 cm³/mol. The van der Waals surface area contributed by atoms with Crippen LogP contribution in [-0.2, 0) is 19.5 Å². The van der Waals surface area contributed by atoms with Gasteiger partial charge in [-0.15, -0.1) is 0 Å². The van der Waals surface area contributed by atoms with Gasteiger partial charge < -0.3 is 14.5 Å². The fraction of sp³-hybridized carbons (Fsp3) is 0.348. The van der Waals surface area contributed by atoms with E-state index in [9.17, 15) is 4.39 Å². The van der Waals surface area contributed by atoms with E-state index in [4.69, 9.17) is 14.5 Å². The molecule has 2 heterocycles. The van der Waals surface area contributed by atoms with Crippen molar-refractivity contribution in [2.45, 2.75) is 33.4 Å². The van der Waals surface area contributed by atoms with Gasteiger partial charge in [0, 0.05) is 37.2 Å². The summed E-state index contributed by atoms with van der Waals surface area (Å²) in [6.45, 7) is 7.00. The first-order valence-corrected chi connectivity index (χ1v) is 9.93. The monoisotopic (exact) mass is 395 g/mol. The summed E-state index contributed by atoms with van der Waals surface area (Å²) in [7, 11) is 1.68. The van der Waals surface area contributed by atoms with Crippen molar-refractivity contribution in [1.29, 1.82) is 0 Å². The summed E-state index contributed by atoms with van der Waals surface area (Å²) in [5.41, 5.74) is 5.15. The van der Waals surface area contributed by atoms with Crippen molar-refractivity contribution in [3.63, 3.8) is 0 Å². The third-order valence-corrected chi connectivity index (χ3v) is 5.32. The second-order valence-corrected chi connectivity index (χ2v) is 7.34. The van der Waals surface area contributed by atoms with Crippen LogP contribution in [-0.4, -0.2) is 35.1 Å². The Morgan fingerprint density at radius 2 is 2.07 bits per heavy atom. The Labute approximate surface area is 170 Å². The van der Waals surface area contributed by atoms with Crippen LogP contribution in [0.2, 0.25) is 0 Å². The van der Waals surface area contributed by atoms with E-state index in [1.807, 2.05) is 32.0 Å². The number of ether oxygens (including phenoxy) is 2. The first-order chi connectivity index (χ1) is 14.1. The predicted octanol–water partition coefficient (Wildman–Crippen LogP) is 4.49. The first-order valence-electron chi connectivity index (χ1n) is 9.93. The third kappa shape index (κ3) is 4.12. The zero-order valence-corrected chi connectivity index (χ0v) is 17.1. The topological polar surface area (TPSA) is 50.4 Å². The SMILES string of the molecule is CCOc1ccc(OC)cc1CN1CCc2nc(-c3ccc(F)cc3C)[nH]c2C1. The number of aromatic amines is 1. The fourth-order valence-corrected chi connectivity index (χ4v) is 3.85. The maximum Gasteiger partial charge on any atom is 0.138 e. The van der Waals surface area contributed by atoms with Gasteiger partial charge in [-0.3, -0.25) is 4.90 Å². The van der Waals surface area contributed by atoms with E-state index in [-0.39, 0.29) is 5.82 Å². The highest BCUT2D eigenvalue weighted by Gasteiger charge is 2.22. The first kappa shape index (κ1) is 19.5.